The predicted molar refractivity (Wildman–Crippen MR) is 124 cm³/mol. The molecule has 3 atom stereocenters. The first-order chi connectivity index (χ1) is 14.8. The normalized spacial score (nSPS) is 14.3. The second-order valence-electron chi connectivity index (χ2n) is 7.79. The zero-order chi connectivity index (χ0) is 24.2. The zero-order valence-corrected chi connectivity index (χ0v) is 20.4. The van der Waals surface area contributed by atoms with E-state index >= 15 is 0 Å². The second kappa shape index (κ2) is 10.8. The van der Waals surface area contributed by atoms with Crippen LogP contribution in [-0.4, -0.2) is 20.3 Å². The molecule has 0 heterocycles. The van der Waals surface area contributed by atoms with E-state index < -0.39 is 50.4 Å². The number of rotatable bonds is 8. The zero-order valence-electron chi connectivity index (χ0n) is 17.3. The van der Waals surface area contributed by atoms with Crippen molar-refractivity contribution in [3.8, 4) is 6.07 Å². The minimum Gasteiger partial charge on any atom is -0.598 e. The van der Waals surface area contributed by atoms with Crippen LogP contribution in [0.25, 0.3) is 0 Å². The van der Waals surface area contributed by atoms with E-state index in [1.54, 1.807) is 26.8 Å². The molecule has 2 unspecified atom stereocenters. The van der Waals surface area contributed by atoms with E-state index in [1.165, 1.54) is 12.1 Å². The van der Waals surface area contributed by atoms with Crippen LogP contribution in [0.4, 0.5) is 20.2 Å². The predicted octanol–water partition coefficient (Wildman–Crippen LogP) is 5.78. The largest absolute Gasteiger partial charge is 0.598 e. The van der Waals surface area contributed by atoms with Crippen LogP contribution in [0.2, 0.25) is 5.02 Å². The smallest absolute Gasteiger partial charge is 0.295 e. The summed E-state index contributed by atoms with van der Waals surface area (Å²) in [5.41, 5.74) is -0.676. The quantitative estimate of drug-likeness (QED) is 0.245. The van der Waals surface area contributed by atoms with Crippen LogP contribution < -0.4 is 10.0 Å². The molecule has 2 aromatic rings. The highest BCUT2D eigenvalue weighted by Crippen LogP contribution is 2.37. The van der Waals surface area contributed by atoms with Crippen LogP contribution in [0.3, 0.4) is 0 Å². The molecule has 0 bridgehead atoms. The molecule has 12 heteroatoms. The maximum Gasteiger partial charge on any atom is 0.295 e. The van der Waals surface area contributed by atoms with E-state index in [-0.39, 0.29) is 22.7 Å². The highest BCUT2D eigenvalue weighted by atomic mass is 79.9. The number of halogens is 4. The van der Waals surface area contributed by atoms with Crippen molar-refractivity contribution >= 4 is 50.3 Å². The van der Waals surface area contributed by atoms with Crippen LogP contribution in [-0.2, 0) is 11.4 Å². The summed E-state index contributed by atoms with van der Waals surface area (Å²) in [7, 11) is 0. The molecular formula is C20H20BrClF2N4O3S. The molecule has 0 aliphatic heterocycles. The van der Waals surface area contributed by atoms with E-state index in [0.29, 0.717) is 10.5 Å². The molecule has 0 aliphatic carbocycles. The molecule has 0 saturated carbocycles. The first kappa shape index (κ1) is 26.3. The summed E-state index contributed by atoms with van der Waals surface area (Å²) in [6.07, 6.45) is -0.121. The highest BCUT2D eigenvalue weighted by Gasteiger charge is 2.32. The average molecular weight is 550 g/mol. The van der Waals surface area contributed by atoms with Gasteiger partial charge in [-0.15, -0.1) is 4.72 Å². The first-order valence-electron chi connectivity index (χ1n) is 9.26. The van der Waals surface area contributed by atoms with Gasteiger partial charge in [0.25, 0.3) is 5.69 Å². The Bertz CT molecular complexity index is 1030. The standard InChI is InChI=1S/C20H20BrClF2N4O3S/c1-20(2,3)32(31)27-11(10-25)7-17(19-12(21)5-4-6-14(19)23)26-16-8-13(22)15(24)9-18(16)28(29)30/h4-6,8-9,11,17,26-27H,7H2,1-3H3/t11?,17-,32?/m1/s1. The van der Waals surface area contributed by atoms with Crippen molar-refractivity contribution in [2.24, 2.45) is 0 Å². The monoisotopic (exact) mass is 548 g/mol. The third kappa shape index (κ3) is 6.52. The minimum absolute atomic E-state index is 0.0887. The number of nitrogens with zero attached hydrogens (tertiary/aromatic N) is 2. The van der Waals surface area contributed by atoms with Gasteiger partial charge in [-0.3, -0.25) is 10.1 Å². The lowest BCUT2D eigenvalue weighted by molar-refractivity contribution is -0.384. The molecule has 172 valence electrons. The fraction of sp³-hybridized carbons (Fsp3) is 0.350. The molecule has 2 N–H and O–H groups in total. The molecule has 2 rings (SSSR count). The summed E-state index contributed by atoms with van der Waals surface area (Å²) >= 11 is 7.47. The molecule has 7 nitrogen and oxygen atoms in total. The van der Waals surface area contributed by atoms with E-state index in [1.807, 2.05) is 6.07 Å². The van der Waals surface area contributed by atoms with Gasteiger partial charge in [0.15, 0.2) is 0 Å². The number of hydrogen-bond donors (Lipinski definition) is 2. The number of nitro groups is 1. The number of anilines is 1. The van der Waals surface area contributed by atoms with Crippen LogP contribution in [0.5, 0.6) is 0 Å². The van der Waals surface area contributed by atoms with Gasteiger partial charge in [-0.05, 0) is 39.0 Å². The molecule has 32 heavy (non-hydrogen) atoms. The molecule has 0 radical (unpaired) electrons. The van der Waals surface area contributed by atoms with Gasteiger partial charge >= 0.3 is 0 Å². The van der Waals surface area contributed by atoms with Gasteiger partial charge in [0.05, 0.1) is 28.1 Å². The number of nitro benzene ring substituents is 1. The van der Waals surface area contributed by atoms with E-state index in [2.05, 4.69) is 26.0 Å². The Morgan fingerprint density at radius 2 is 1.97 bits per heavy atom. The van der Waals surface area contributed by atoms with Crippen molar-refractivity contribution in [2.75, 3.05) is 5.32 Å². The van der Waals surface area contributed by atoms with E-state index in [4.69, 9.17) is 11.6 Å². The molecule has 2 aromatic carbocycles. The Kier molecular flexibility index (Phi) is 8.84. The third-order valence-electron chi connectivity index (χ3n) is 4.35. The van der Waals surface area contributed by atoms with Crippen LogP contribution in [0.1, 0.15) is 38.8 Å². The number of nitriles is 1. The molecule has 0 fully saturated rings. The highest BCUT2D eigenvalue weighted by molar-refractivity contribution is 9.10. The Balaban J connectivity index is 2.51. The fourth-order valence-corrected chi connectivity index (χ4v) is 4.30. The fourth-order valence-electron chi connectivity index (χ4n) is 2.75. The van der Waals surface area contributed by atoms with Crippen molar-refractivity contribution in [1.82, 2.24) is 4.72 Å². The van der Waals surface area contributed by atoms with Crippen molar-refractivity contribution in [2.45, 2.75) is 44.0 Å². The number of benzene rings is 2. The van der Waals surface area contributed by atoms with Crippen LogP contribution >= 0.6 is 27.5 Å². The topological polar surface area (TPSA) is 114 Å². The Labute approximate surface area is 200 Å². The van der Waals surface area contributed by atoms with Crippen molar-refractivity contribution < 1.29 is 18.3 Å². The van der Waals surface area contributed by atoms with E-state index in [9.17, 15) is 28.7 Å². The summed E-state index contributed by atoms with van der Waals surface area (Å²) in [5, 5.41) is 23.5. The van der Waals surface area contributed by atoms with Crippen LogP contribution in [0.15, 0.2) is 34.8 Å². The van der Waals surface area contributed by atoms with Crippen molar-refractivity contribution in [3.63, 3.8) is 0 Å². The van der Waals surface area contributed by atoms with Crippen LogP contribution in [0, 0.1) is 33.1 Å². The number of hydrogen-bond acceptors (Lipinski definition) is 6. The van der Waals surface area contributed by atoms with Gasteiger partial charge in [0, 0.05) is 27.8 Å². The van der Waals surface area contributed by atoms with Gasteiger partial charge in [-0.1, -0.05) is 33.6 Å². The van der Waals surface area contributed by atoms with Gasteiger partial charge in [-0.25, -0.2) is 8.78 Å². The van der Waals surface area contributed by atoms with Crippen molar-refractivity contribution in [1.29, 1.82) is 5.26 Å². The van der Waals surface area contributed by atoms with Gasteiger partial charge in [0.1, 0.15) is 28.1 Å². The summed E-state index contributed by atoms with van der Waals surface area (Å²) < 4.78 is 43.4. The summed E-state index contributed by atoms with van der Waals surface area (Å²) in [4.78, 5) is 10.6. The minimum atomic E-state index is -1.60. The van der Waals surface area contributed by atoms with Crippen molar-refractivity contribution in [3.05, 3.63) is 67.1 Å². The average Bonchev–Trinajstić information content (AvgIpc) is 2.68. The molecule has 0 spiro atoms. The second-order valence-corrected chi connectivity index (χ2v) is 11.0. The maximum atomic E-state index is 14.8. The summed E-state index contributed by atoms with van der Waals surface area (Å²) in [6, 6.07) is 5.90. The van der Waals surface area contributed by atoms with Gasteiger partial charge in [-0.2, -0.15) is 5.26 Å². The lowest BCUT2D eigenvalue weighted by atomic mass is 9.99. The third-order valence-corrected chi connectivity index (χ3v) is 6.94. The van der Waals surface area contributed by atoms with Gasteiger partial charge in [0.2, 0.25) is 0 Å². The molecule has 0 aromatic heterocycles. The molecule has 0 saturated heterocycles. The number of nitrogens with one attached hydrogen (secondary N) is 2. The first-order valence-corrected chi connectivity index (χ1v) is 11.6. The van der Waals surface area contributed by atoms with Gasteiger partial charge < -0.3 is 9.87 Å². The lowest BCUT2D eigenvalue weighted by Gasteiger charge is -2.28. The Hall–Kier alpha value is -1.97. The SMILES string of the molecule is CC(C)(C)[S+]([O-])NC(C#N)C[C@@H](Nc1cc(Cl)c(F)cc1[N+](=O)[O-])c1c(F)cccc1Br. The summed E-state index contributed by atoms with van der Waals surface area (Å²) in [6.45, 7) is 5.16. The summed E-state index contributed by atoms with van der Waals surface area (Å²) in [5.74, 6) is -1.62. The lowest BCUT2D eigenvalue weighted by Crippen LogP contribution is -2.45. The molecular weight excluding hydrogens is 530 g/mol. The Morgan fingerprint density at radius 1 is 1.31 bits per heavy atom. The molecule has 0 amide bonds. The van der Waals surface area contributed by atoms with E-state index in [0.717, 1.165) is 6.07 Å². The maximum absolute atomic E-state index is 14.8. The Morgan fingerprint density at radius 3 is 2.50 bits per heavy atom. The molecule has 0 aliphatic rings.